The van der Waals surface area contributed by atoms with Gasteiger partial charge in [0.25, 0.3) is 5.91 Å². The molecule has 1 aromatic carbocycles. The first-order chi connectivity index (χ1) is 13.6. The number of hydrogen-bond donors (Lipinski definition) is 2. The number of benzene rings is 1. The molecule has 152 valence electrons. The molecule has 1 fully saturated rings. The molecule has 0 aliphatic carbocycles. The predicted molar refractivity (Wildman–Crippen MR) is 112 cm³/mol. The van der Waals surface area contributed by atoms with Crippen molar-refractivity contribution in [3.05, 3.63) is 52.7 Å². The monoisotopic (exact) mass is 412 g/mol. The molecule has 0 atom stereocenters. The zero-order valence-electron chi connectivity index (χ0n) is 17.0. The summed E-state index contributed by atoms with van der Waals surface area (Å²) in [6.07, 6.45) is 3.22. The number of amides is 1. The lowest BCUT2D eigenvalue weighted by atomic mass is 9.79. The average molecular weight is 413 g/mol. The summed E-state index contributed by atoms with van der Waals surface area (Å²) in [5.41, 5.74) is 0.645. The number of aromatic nitrogens is 1. The molecule has 2 N–H and O–H groups in total. The second-order valence-corrected chi connectivity index (χ2v) is 9.09. The van der Waals surface area contributed by atoms with Gasteiger partial charge in [-0.2, -0.15) is 5.26 Å². The number of rotatable bonds is 4. The van der Waals surface area contributed by atoms with E-state index in [0.717, 1.165) is 12.8 Å². The highest BCUT2D eigenvalue weighted by Crippen LogP contribution is 2.31. The molecule has 3 rings (SSSR count). The third-order valence-electron chi connectivity index (χ3n) is 4.82. The van der Waals surface area contributed by atoms with Crippen LogP contribution < -0.4 is 15.4 Å². The number of pyridine rings is 1. The van der Waals surface area contributed by atoms with E-state index in [9.17, 15) is 4.79 Å². The van der Waals surface area contributed by atoms with Gasteiger partial charge in [0.2, 0.25) is 5.88 Å². The summed E-state index contributed by atoms with van der Waals surface area (Å²) in [5, 5.41) is 16.2. The van der Waals surface area contributed by atoms with E-state index in [4.69, 9.17) is 21.6 Å². The predicted octanol–water partition coefficient (Wildman–Crippen LogP) is 4.44. The Balaban J connectivity index is 1.73. The fourth-order valence-electron chi connectivity index (χ4n) is 4.08. The molecule has 2 heterocycles. The van der Waals surface area contributed by atoms with Gasteiger partial charge in [0.1, 0.15) is 17.4 Å². The minimum Gasteiger partial charge on any atom is -0.436 e. The summed E-state index contributed by atoms with van der Waals surface area (Å²) < 4.78 is 5.66. The van der Waals surface area contributed by atoms with Crippen molar-refractivity contribution in [3.8, 4) is 17.7 Å². The van der Waals surface area contributed by atoms with Crippen LogP contribution in [-0.2, 0) is 0 Å². The van der Waals surface area contributed by atoms with Crippen LogP contribution in [0.1, 0.15) is 56.5 Å². The second-order valence-electron chi connectivity index (χ2n) is 8.69. The average Bonchev–Trinajstić information content (AvgIpc) is 2.61. The van der Waals surface area contributed by atoms with Crippen molar-refractivity contribution in [1.29, 1.82) is 5.26 Å². The van der Waals surface area contributed by atoms with Crippen LogP contribution in [-0.4, -0.2) is 28.0 Å². The minimum absolute atomic E-state index is 0.0594. The molecule has 0 unspecified atom stereocenters. The number of piperidine rings is 1. The van der Waals surface area contributed by atoms with Gasteiger partial charge in [-0.15, -0.1) is 0 Å². The van der Waals surface area contributed by atoms with Crippen LogP contribution in [0.4, 0.5) is 0 Å². The number of nitrogens with one attached hydrogen (secondary N) is 2. The van der Waals surface area contributed by atoms with Crippen LogP contribution in [0.5, 0.6) is 11.6 Å². The summed E-state index contributed by atoms with van der Waals surface area (Å²) >= 11 is 6.33. The van der Waals surface area contributed by atoms with Crippen LogP contribution in [0, 0.1) is 11.3 Å². The van der Waals surface area contributed by atoms with E-state index < -0.39 is 0 Å². The molecule has 1 aliphatic rings. The van der Waals surface area contributed by atoms with E-state index in [1.165, 1.54) is 6.20 Å². The van der Waals surface area contributed by atoms with Crippen molar-refractivity contribution < 1.29 is 9.53 Å². The molecule has 1 aromatic heterocycles. The maximum Gasteiger partial charge on any atom is 0.251 e. The highest BCUT2D eigenvalue weighted by Gasteiger charge is 2.38. The molecular weight excluding hydrogens is 388 g/mol. The van der Waals surface area contributed by atoms with E-state index in [1.54, 1.807) is 30.3 Å². The first-order valence-electron chi connectivity index (χ1n) is 9.51. The van der Waals surface area contributed by atoms with Gasteiger partial charge < -0.3 is 15.4 Å². The Hall–Kier alpha value is -2.62. The molecular formula is C22H25ClN4O2. The minimum atomic E-state index is -0.174. The maximum atomic E-state index is 12.8. The number of nitriles is 1. The summed E-state index contributed by atoms with van der Waals surface area (Å²) in [6.45, 7) is 8.57. The molecule has 6 nitrogen and oxygen atoms in total. The van der Waals surface area contributed by atoms with Crippen molar-refractivity contribution in [2.75, 3.05) is 0 Å². The summed E-state index contributed by atoms with van der Waals surface area (Å²) in [7, 11) is 0. The van der Waals surface area contributed by atoms with Crippen molar-refractivity contribution in [2.45, 2.75) is 57.7 Å². The lowest BCUT2D eigenvalue weighted by Gasteiger charge is -2.46. The standard InChI is InChI=1S/C22H25ClN4O2/c1-21(2)11-16(12-22(3,4)27-21)26-19(28)14-7-8-18(17(23)10-14)29-20-15(13-24)6-5-9-25-20/h5-10,16,27H,11-12H2,1-4H3,(H,26,28). The molecule has 0 radical (unpaired) electrons. The van der Waals surface area contributed by atoms with Crippen molar-refractivity contribution >= 4 is 17.5 Å². The van der Waals surface area contributed by atoms with Gasteiger partial charge in [0.05, 0.1) is 5.02 Å². The fourth-order valence-corrected chi connectivity index (χ4v) is 4.30. The molecule has 1 saturated heterocycles. The summed E-state index contributed by atoms with van der Waals surface area (Å²) in [5.74, 6) is 0.336. The quantitative estimate of drug-likeness (QED) is 0.775. The molecule has 1 amide bonds. The zero-order valence-corrected chi connectivity index (χ0v) is 17.8. The Bertz CT molecular complexity index is 950. The van der Waals surface area contributed by atoms with Crippen LogP contribution >= 0.6 is 11.6 Å². The summed E-state index contributed by atoms with van der Waals surface area (Å²) in [6, 6.07) is 10.2. The molecule has 0 saturated carbocycles. The number of nitrogens with zero attached hydrogens (tertiary/aromatic N) is 2. The molecule has 1 aliphatic heterocycles. The highest BCUT2D eigenvalue weighted by molar-refractivity contribution is 6.32. The summed E-state index contributed by atoms with van der Waals surface area (Å²) in [4.78, 5) is 16.8. The lowest BCUT2D eigenvalue weighted by molar-refractivity contribution is 0.0873. The van der Waals surface area contributed by atoms with Crippen molar-refractivity contribution in [2.24, 2.45) is 0 Å². The Labute approximate surface area is 176 Å². The van der Waals surface area contributed by atoms with E-state index in [2.05, 4.69) is 43.3 Å². The van der Waals surface area contributed by atoms with Crippen LogP contribution in [0.25, 0.3) is 0 Å². The Kier molecular flexibility index (Phi) is 5.83. The lowest BCUT2D eigenvalue weighted by Crippen LogP contribution is -2.62. The molecule has 29 heavy (non-hydrogen) atoms. The third-order valence-corrected chi connectivity index (χ3v) is 5.11. The smallest absolute Gasteiger partial charge is 0.251 e. The van der Waals surface area contributed by atoms with Gasteiger partial charge in [-0.25, -0.2) is 4.98 Å². The Morgan fingerprint density at radius 1 is 1.28 bits per heavy atom. The van der Waals surface area contributed by atoms with Gasteiger partial charge >= 0.3 is 0 Å². The van der Waals surface area contributed by atoms with Crippen LogP contribution in [0.3, 0.4) is 0 Å². The molecule has 0 spiro atoms. The highest BCUT2D eigenvalue weighted by atomic mass is 35.5. The van der Waals surface area contributed by atoms with Gasteiger partial charge in [-0.1, -0.05) is 11.6 Å². The van der Waals surface area contributed by atoms with Gasteiger partial charge in [-0.05, 0) is 70.9 Å². The van der Waals surface area contributed by atoms with Gasteiger partial charge in [0.15, 0.2) is 0 Å². The van der Waals surface area contributed by atoms with Crippen LogP contribution in [0.2, 0.25) is 5.02 Å². The van der Waals surface area contributed by atoms with Crippen LogP contribution in [0.15, 0.2) is 36.5 Å². The SMILES string of the molecule is CC1(C)CC(NC(=O)c2ccc(Oc3ncccc3C#N)c(Cl)c2)CC(C)(C)N1. The number of ether oxygens (including phenoxy) is 1. The van der Waals surface area contributed by atoms with E-state index in [-0.39, 0.29) is 33.9 Å². The van der Waals surface area contributed by atoms with E-state index >= 15 is 0 Å². The normalized spacial score (nSPS) is 17.9. The number of carbonyl (C=O) groups excluding carboxylic acids is 1. The van der Waals surface area contributed by atoms with E-state index in [1.807, 2.05) is 6.07 Å². The van der Waals surface area contributed by atoms with Gasteiger partial charge in [-0.3, -0.25) is 4.79 Å². The largest absolute Gasteiger partial charge is 0.436 e. The van der Waals surface area contributed by atoms with Gasteiger partial charge in [0, 0.05) is 28.9 Å². The molecule has 7 heteroatoms. The van der Waals surface area contributed by atoms with E-state index in [0.29, 0.717) is 16.9 Å². The first kappa shape index (κ1) is 21.1. The number of carbonyl (C=O) groups is 1. The number of hydrogen-bond acceptors (Lipinski definition) is 5. The topological polar surface area (TPSA) is 87.0 Å². The molecule has 0 bridgehead atoms. The van der Waals surface area contributed by atoms with Crippen molar-refractivity contribution in [1.82, 2.24) is 15.6 Å². The number of halogens is 1. The maximum absolute atomic E-state index is 12.8. The molecule has 2 aromatic rings. The first-order valence-corrected chi connectivity index (χ1v) is 9.89. The Morgan fingerprint density at radius 3 is 2.59 bits per heavy atom. The fraction of sp³-hybridized carbons (Fsp3) is 0.409. The third kappa shape index (κ3) is 5.26. The second kappa shape index (κ2) is 8.02. The zero-order chi connectivity index (χ0) is 21.2. The van der Waals surface area contributed by atoms with Crippen molar-refractivity contribution in [3.63, 3.8) is 0 Å². The Morgan fingerprint density at radius 2 is 1.97 bits per heavy atom.